The summed E-state index contributed by atoms with van der Waals surface area (Å²) in [6, 6.07) is 15.1. The number of anilines is 2. The van der Waals surface area contributed by atoms with E-state index in [0.29, 0.717) is 24.7 Å². The molecule has 2 saturated heterocycles. The van der Waals surface area contributed by atoms with Crippen molar-refractivity contribution >= 4 is 34.8 Å². The van der Waals surface area contributed by atoms with Crippen LogP contribution in [0.15, 0.2) is 48.5 Å². The molecule has 0 N–H and O–H groups in total. The fraction of sp³-hybridized carbons (Fsp3) is 0.364. The van der Waals surface area contributed by atoms with Crippen LogP contribution >= 0.6 is 11.6 Å². The molecule has 0 aliphatic carbocycles. The van der Waals surface area contributed by atoms with E-state index in [4.69, 9.17) is 16.3 Å². The SMILES string of the molecule is COc1ccccc1N1CCN(C(=O)C2CC(=O)N(c3ccc(Cl)cc3)C2)CC1. The van der Waals surface area contributed by atoms with Crippen molar-refractivity contribution < 1.29 is 14.3 Å². The Morgan fingerprint density at radius 2 is 1.72 bits per heavy atom. The molecule has 7 heteroatoms. The second-order valence-corrected chi connectivity index (χ2v) is 7.80. The van der Waals surface area contributed by atoms with E-state index in [1.807, 2.05) is 41.3 Å². The minimum atomic E-state index is -0.295. The first-order valence-electron chi connectivity index (χ1n) is 9.79. The summed E-state index contributed by atoms with van der Waals surface area (Å²) in [6.45, 7) is 3.19. The summed E-state index contributed by atoms with van der Waals surface area (Å²) >= 11 is 5.93. The van der Waals surface area contributed by atoms with Crippen LogP contribution in [0, 0.1) is 5.92 Å². The van der Waals surface area contributed by atoms with Crippen molar-refractivity contribution in [3.63, 3.8) is 0 Å². The molecule has 6 nitrogen and oxygen atoms in total. The molecule has 0 spiro atoms. The van der Waals surface area contributed by atoms with Crippen molar-refractivity contribution in [3.8, 4) is 5.75 Å². The quantitative estimate of drug-likeness (QED) is 0.773. The Hall–Kier alpha value is -2.73. The zero-order valence-electron chi connectivity index (χ0n) is 16.4. The van der Waals surface area contributed by atoms with E-state index in [1.54, 1.807) is 24.1 Å². The number of amides is 2. The number of hydrogen-bond donors (Lipinski definition) is 0. The number of ether oxygens (including phenoxy) is 1. The number of para-hydroxylation sites is 2. The molecule has 2 heterocycles. The zero-order valence-corrected chi connectivity index (χ0v) is 17.1. The highest BCUT2D eigenvalue weighted by Crippen LogP contribution is 2.30. The summed E-state index contributed by atoms with van der Waals surface area (Å²) in [7, 11) is 1.67. The van der Waals surface area contributed by atoms with Crippen LogP contribution in [-0.2, 0) is 9.59 Å². The lowest BCUT2D eigenvalue weighted by Crippen LogP contribution is -2.50. The van der Waals surface area contributed by atoms with Gasteiger partial charge in [-0.3, -0.25) is 9.59 Å². The maximum absolute atomic E-state index is 13.0. The molecule has 0 radical (unpaired) electrons. The van der Waals surface area contributed by atoms with Gasteiger partial charge < -0.3 is 19.4 Å². The molecule has 2 fully saturated rings. The number of methoxy groups -OCH3 is 1. The smallest absolute Gasteiger partial charge is 0.228 e. The highest BCUT2D eigenvalue weighted by atomic mass is 35.5. The Bertz CT molecular complexity index is 894. The third-order valence-corrected chi connectivity index (χ3v) is 5.88. The van der Waals surface area contributed by atoms with Gasteiger partial charge in [-0.2, -0.15) is 0 Å². The molecule has 2 aliphatic rings. The first kappa shape index (κ1) is 19.6. The summed E-state index contributed by atoms with van der Waals surface area (Å²) in [4.78, 5) is 31.3. The summed E-state index contributed by atoms with van der Waals surface area (Å²) in [5, 5.41) is 0.626. The van der Waals surface area contributed by atoms with Crippen molar-refractivity contribution in [1.82, 2.24) is 4.90 Å². The molecule has 2 aromatic carbocycles. The number of halogens is 1. The van der Waals surface area contributed by atoms with Crippen LogP contribution in [0.5, 0.6) is 5.75 Å². The monoisotopic (exact) mass is 413 g/mol. The zero-order chi connectivity index (χ0) is 20.4. The van der Waals surface area contributed by atoms with Crippen molar-refractivity contribution in [2.24, 2.45) is 5.92 Å². The van der Waals surface area contributed by atoms with Gasteiger partial charge in [0, 0.05) is 49.9 Å². The normalized spacial score (nSPS) is 19.6. The average Bonchev–Trinajstić information content (AvgIpc) is 3.15. The summed E-state index contributed by atoms with van der Waals surface area (Å²) < 4.78 is 5.45. The molecule has 29 heavy (non-hydrogen) atoms. The lowest BCUT2D eigenvalue weighted by Gasteiger charge is -2.37. The molecule has 2 aromatic rings. The minimum Gasteiger partial charge on any atom is -0.495 e. The maximum Gasteiger partial charge on any atom is 0.228 e. The highest BCUT2D eigenvalue weighted by molar-refractivity contribution is 6.30. The van der Waals surface area contributed by atoms with Crippen molar-refractivity contribution in [3.05, 3.63) is 53.6 Å². The topological polar surface area (TPSA) is 53.1 Å². The third-order valence-electron chi connectivity index (χ3n) is 5.63. The Labute approximate surface area is 175 Å². The molecule has 152 valence electrons. The van der Waals surface area contributed by atoms with Gasteiger partial charge in [0.05, 0.1) is 18.7 Å². The van der Waals surface area contributed by atoms with Crippen molar-refractivity contribution in [1.29, 1.82) is 0 Å². The van der Waals surface area contributed by atoms with Gasteiger partial charge in [-0.25, -0.2) is 0 Å². The van der Waals surface area contributed by atoms with E-state index in [-0.39, 0.29) is 24.2 Å². The van der Waals surface area contributed by atoms with Gasteiger partial charge in [-0.05, 0) is 36.4 Å². The predicted octanol–water partition coefficient (Wildman–Crippen LogP) is 3.05. The average molecular weight is 414 g/mol. The second-order valence-electron chi connectivity index (χ2n) is 7.37. The molecule has 1 atom stereocenters. The molecule has 1 unspecified atom stereocenters. The van der Waals surface area contributed by atoms with E-state index in [2.05, 4.69) is 4.90 Å². The lowest BCUT2D eigenvalue weighted by atomic mass is 10.1. The largest absolute Gasteiger partial charge is 0.495 e. The van der Waals surface area contributed by atoms with Crippen LogP contribution < -0.4 is 14.5 Å². The predicted molar refractivity (Wildman–Crippen MR) is 114 cm³/mol. The van der Waals surface area contributed by atoms with Gasteiger partial charge in [-0.15, -0.1) is 0 Å². The van der Waals surface area contributed by atoms with E-state index in [9.17, 15) is 9.59 Å². The number of hydrogen-bond acceptors (Lipinski definition) is 4. The summed E-state index contributed by atoms with van der Waals surface area (Å²) in [5.74, 6) is 0.594. The van der Waals surface area contributed by atoms with E-state index in [1.165, 1.54) is 0 Å². The van der Waals surface area contributed by atoms with Gasteiger partial charge in [0.2, 0.25) is 11.8 Å². The maximum atomic E-state index is 13.0. The number of benzene rings is 2. The van der Waals surface area contributed by atoms with Crippen LogP contribution in [0.2, 0.25) is 5.02 Å². The number of piperazine rings is 1. The second kappa shape index (κ2) is 8.33. The van der Waals surface area contributed by atoms with E-state index >= 15 is 0 Å². The summed E-state index contributed by atoms with van der Waals surface area (Å²) in [5.41, 5.74) is 1.84. The highest BCUT2D eigenvalue weighted by Gasteiger charge is 2.38. The molecule has 2 aliphatic heterocycles. The Kier molecular flexibility index (Phi) is 5.62. The molecule has 2 amide bonds. The fourth-order valence-electron chi connectivity index (χ4n) is 4.06. The van der Waals surface area contributed by atoms with Gasteiger partial charge in [0.15, 0.2) is 0 Å². The minimum absolute atomic E-state index is 0.0154. The van der Waals surface area contributed by atoms with Crippen LogP contribution in [0.25, 0.3) is 0 Å². The molecule has 0 saturated carbocycles. The van der Waals surface area contributed by atoms with Crippen LogP contribution in [0.1, 0.15) is 6.42 Å². The van der Waals surface area contributed by atoms with Crippen LogP contribution in [0.4, 0.5) is 11.4 Å². The van der Waals surface area contributed by atoms with Crippen molar-refractivity contribution in [2.75, 3.05) is 49.6 Å². The number of rotatable bonds is 4. The van der Waals surface area contributed by atoms with E-state index < -0.39 is 0 Å². The molecule has 0 bridgehead atoms. The first-order valence-corrected chi connectivity index (χ1v) is 10.2. The Morgan fingerprint density at radius 1 is 1.03 bits per heavy atom. The van der Waals surface area contributed by atoms with Crippen LogP contribution in [-0.4, -0.2) is 56.5 Å². The van der Waals surface area contributed by atoms with Gasteiger partial charge in [0.1, 0.15) is 5.75 Å². The van der Waals surface area contributed by atoms with Crippen LogP contribution in [0.3, 0.4) is 0 Å². The van der Waals surface area contributed by atoms with Crippen molar-refractivity contribution in [2.45, 2.75) is 6.42 Å². The summed E-state index contributed by atoms with van der Waals surface area (Å²) in [6.07, 6.45) is 0.258. The van der Waals surface area contributed by atoms with E-state index in [0.717, 1.165) is 30.2 Å². The van der Waals surface area contributed by atoms with Gasteiger partial charge in [-0.1, -0.05) is 23.7 Å². The molecular formula is C22H24ClN3O3. The lowest BCUT2D eigenvalue weighted by molar-refractivity contribution is -0.136. The molecule has 4 rings (SSSR count). The number of nitrogens with zero attached hydrogens (tertiary/aromatic N) is 3. The number of carbonyl (C=O) groups excluding carboxylic acids is 2. The van der Waals surface area contributed by atoms with Gasteiger partial charge in [0.25, 0.3) is 0 Å². The molecule has 0 aromatic heterocycles. The number of carbonyl (C=O) groups is 2. The Balaban J connectivity index is 1.37. The first-order chi connectivity index (χ1) is 14.1. The van der Waals surface area contributed by atoms with Gasteiger partial charge >= 0.3 is 0 Å². The fourth-order valence-corrected chi connectivity index (χ4v) is 4.19. The molecular weight excluding hydrogens is 390 g/mol. The Morgan fingerprint density at radius 3 is 2.41 bits per heavy atom. The third kappa shape index (κ3) is 4.03. The standard InChI is InChI=1S/C22H24ClN3O3/c1-29-20-5-3-2-4-19(20)24-10-12-25(13-11-24)22(28)16-14-21(27)26(15-16)18-8-6-17(23)7-9-18/h2-9,16H,10-15H2,1H3.